The number of carbonyl (C=O) groups excluding carboxylic acids is 2. The first-order valence-corrected chi connectivity index (χ1v) is 11.5. The maximum Gasteiger partial charge on any atom is 0.418 e. The van der Waals surface area contributed by atoms with Crippen molar-refractivity contribution in [1.82, 2.24) is 14.8 Å². The lowest BCUT2D eigenvalue weighted by Gasteiger charge is -2.31. The second kappa shape index (κ2) is 11.1. The van der Waals surface area contributed by atoms with E-state index in [2.05, 4.69) is 20.5 Å². The summed E-state index contributed by atoms with van der Waals surface area (Å²) in [5, 5.41) is 4.88. The number of alkyl halides is 3. The predicted octanol–water partition coefficient (Wildman–Crippen LogP) is 4.34. The largest absolute Gasteiger partial charge is 0.418 e. The van der Waals surface area contributed by atoms with E-state index in [0.29, 0.717) is 24.3 Å². The molecule has 0 atom stereocenters. The van der Waals surface area contributed by atoms with Crippen LogP contribution in [0.1, 0.15) is 15.9 Å². The molecule has 1 saturated heterocycles. The number of hydrogen-bond acceptors (Lipinski definition) is 5. The van der Waals surface area contributed by atoms with Gasteiger partial charge in [-0.1, -0.05) is 12.1 Å². The Balaban J connectivity index is 1.48. The summed E-state index contributed by atoms with van der Waals surface area (Å²) >= 11 is 0. The molecular weight excluding hydrogens is 490 g/mol. The van der Waals surface area contributed by atoms with Crippen LogP contribution in [0, 0.1) is 5.82 Å². The average Bonchev–Trinajstić information content (AvgIpc) is 2.85. The van der Waals surface area contributed by atoms with Crippen molar-refractivity contribution in [2.24, 2.45) is 0 Å². The first-order chi connectivity index (χ1) is 17.6. The minimum atomic E-state index is -4.72. The molecule has 2 aromatic carbocycles. The lowest BCUT2D eigenvalue weighted by molar-refractivity contribution is -0.137. The predicted molar refractivity (Wildman–Crippen MR) is 132 cm³/mol. The summed E-state index contributed by atoms with van der Waals surface area (Å²) in [6.45, 7) is 2.71. The van der Waals surface area contributed by atoms with E-state index in [-0.39, 0.29) is 17.8 Å². The molecule has 0 saturated carbocycles. The van der Waals surface area contributed by atoms with Gasteiger partial charge in [-0.3, -0.25) is 19.5 Å². The van der Waals surface area contributed by atoms with Crippen molar-refractivity contribution >= 4 is 23.2 Å². The molecule has 1 aliphatic rings. The van der Waals surface area contributed by atoms with Crippen LogP contribution in [-0.4, -0.2) is 66.4 Å². The fourth-order valence-corrected chi connectivity index (χ4v) is 3.93. The Morgan fingerprint density at radius 1 is 0.973 bits per heavy atom. The third kappa shape index (κ3) is 6.69. The molecule has 7 nitrogen and oxygen atoms in total. The van der Waals surface area contributed by atoms with Gasteiger partial charge in [-0.2, -0.15) is 13.2 Å². The SMILES string of the molecule is CN1CCN(CC(=O)Nc2cc(C(=O)Nc3ccc(-c4ccccc4F)nc3)ccc2C(F)(F)F)CC1. The van der Waals surface area contributed by atoms with Crippen LogP contribution in [0.25, 0.3) is 11.3 Å². The van der Waals surface area contributed by atoms with E-state index in [9.17, 15) is 27.2 Å². The van der Waals surface area contributed by atoms with Crippen LogP contribution in [0.2, 0.25) is 0 Å². The molecule has 0 bridgehead atoms. The Morgan fingerprint density at radius 3 is 2.35 bits per heavy atom. The summed E-state index contributed by atoms with van der Waals surface area (Å²) in [5.41, 5.74) is -0.707. The van der Waals surface area contributed by atoms with Crippen molar-refractivity contribution in [3.05, 3.63) is 77.7 Å². The van der Waals surface area contributed by atoms with Gasteiger partial charge < -0.3 is 15.5 Å². The summed E-state index contributed by atoms with van der Waals surface area (Å²) in [5.74, 6) is -1.73. The highest BCUT2D eigenvalue weighted by Gasteiger charge is 2.34. The van der Waals surface area contributed by atoms with E-state index < -0.39 is 35.1 Å². The van der Waals surface area contributed by atoms with Crippen LogP contribution in [-0.2, 0) is 11.0 Å². The summed E-state index contributed by atoms with van der Waals surface area (Å²) in [7, 11) is 1.96. The number of nitrogens with one attached hydrogen (secondary N) is 2. The zero-order valence-corrected chi connectivity index (χ0v) is 20.0. The lowest BCUT2D eigenvalue weighted by Crippen LogP contribution is -2.47. The minimum Gasteiger partial charge on any atom is -0.324 e. The molecule has 3 aromatic rings. The maximum absolute atomic E-state index is 14.0. The number of nitrogens with zero attached hydrogens (tertiary/aromatic N) is 3. The maximum atomic E-state index is 14.0. The second-order valence-electron chi connectivity index (χ2n) is 8.75. The zero-order valence-electron chi connectivity index (χ0n) is 20.0. The van der Waals surface area contributed by atoms with Crippen LogP contribution >= 0.6 is 0 Å². The number of aromatic nitrogens is 1. The van der Waals surface area contributed by atoms with Crippen molar-refractivity contribution in [1.29, 1.82) is 0 Å². The fourth-order valence-electron chi connectivity index (χ4n) is 3.93. The van der Waals surface area contributed by atoms with E-state index in [0.717, 1.165) is 31.3 Å². The van der Waals surface area contributed by atoms with Gasteiger partial charge in [0.1, 0.15) is 5.82 Å². The van der Waals surface area contributed by atoms with Gasteiger partial charge in [0.05, 0.1) is 35.4 Å². The molecule has 37 heavy (non-hydrogen) atoms. The Hall–Kier alpha value is -3.83. The topological polar surface area (TPSA) is 77.6 Å². The molecule has 194 valence electrons. The number of carbonyl (C=O) groups is 2. The molecule has 1 fully saturated rings. The minimum absolute atomic E-state index is 0.0540. The van der Waals surface area contributed by atoms with E-state index in [1.165, 1.54) is 24.4 Å². The van der Waals surface area contributed by atoms with E-state index >= 15 is 0 Å². The van der Waals surface area contributed by atoms with Crippen LogP contribution < -0.4 is 10.6 Å². The van der Waals surface area contributed by atoms with Gasteiger partial charge in [0.2, 0.25) is 5.91 Å². The molecule has 1 aliphatic heterocycles. The summed E-state index contributed by atoms with van der Waals surface area (Å²) in [6, 6.07) is 11.9. The molecule has 0 unspecified atom stereocenters. The van der Waals surface area contributed by atoms with E-state index in [4.69, 9.17) is 0 Å². The normalized spacial score (nSPS) is 14.8. The van der Waals surface area contributed by atoms with Gasteiger partial charge in [-0.05, 0) is 49.5 Å². The first-order valence-electron chi connectivity index (χ1n) is 11.5. The summed E-state index contributed by atoms with van der Waals surface area (Å²) in [6.07, 6.45) is -3.40. The van der Waals surface area contributed by atoms with Crippen molar-refractivity contribution in [2.45, 2.75) is 6.18 Å². The Kier molecular flexibility index (Phi) is 7.84. The highest BCUT2D eigenvalue weighted by molar-refractivity contribution is 6.05. The smallest absolute Gasteiger partial charge is 0.324 e. The van der Waals surface area contributed by atoms with Crippen molar-refractivity contribution in [3.63, 3.8) is 0 Å². The number of piperazine rings is 1. The fraction of sp³-hybridized carbons (Fsp3) is 0.269. The van der Waals surface area contributed by atoms with E-state index in [1.54, 1.807) is 18.2 Å². The molecule has 2 N–H and O–H groups in total. The molecule has 0 spiro atoms. The number of pyridine rings is 1. The first kappa shape index (κ1) is 26.2. The number of likely N-dealkylation sites (N-methyl/N-ethyl adjacent to an activating group) is 1. The van der Waals surface area contributed by atoms with Gasteiger partial charge in [0, 0.05) is 37.3 Å². The molecule has 0 aliphatic carbocycles. The number of halogens is 4. The number of rotatable bonds is 6. The van der Waals surface area contributed by atoms with Crippen molar-refractivity contribution in [3.8, 4) is 11.3 Å². The van der Waals surface area contributed by atoms with Crippen molar-refractivity contribution in [2.75, 3.05) is 50.4 Å². The molecule has 2 heterocycles. The Bertz CT molecular complexity index is 1270. The van der Waals surface area contributed by atoms with Crippen LogP contribution in [0.3, 0.4) is 0 Å². The number of hydrogen-bond donors (Lipinski definition) is 2. The third-order valence-electron chi connectivity index (χ3n) is 6.00. The van der Waals surface area contributed by atoms with Crippen LogP contribution in [0.15, 0.2) is 60.8 Å². The van der Waals surface area contributed by atoms with Gasteiger partial charge in [-0.15, -0.1) is 0 Å². The molecule has 11 heteroatoms. The molecule has 2 amide bonds. The number of benzene rings is 2. The lowest BCUT2D eigenvalue weighted by atomic mass is 10.1. The van der Waals surface area contributed by atoms with Crippen LogP contribution in [0.4, 0.5) is 28.9 Å². The Morgan fingerprint density at radius 2 is 1.70 bits per heavy atom. The third-order valence-corrected chi connectivity index (χ3v) is 6.00. The zero-order chi connectivity index (χ0) is 26.6. The van der Waals surface area contributed by atoms with Gasteiger partial charge in [0.15, 0.2) is 0 Å². The standard InChI is InChI=1S/C26H25F4N5O2/c1-34-10-12-35(13-11-34)16-24(36)33-23-14-17(6-8-20(23)26(28,29)30)25(37)32-18-7-9-22(31-15-18)19-4-2-3-5-21(19)27/h2-9,14-15H,10-13,16H2,1H3,(H,32,37)(H,33,36). The van der Waals surface area contributed by atoms with Crippen molar-refractivity contribution < 1.29 is 27.2 Å². The summed E-state index contributed by atoms with van der Waals surface area (Å²) < 4.78 is 54.7. The molecular formula is C26H25F4N5O2. The molecule has 0 radical (unpaired) electrons. The average molecular weight is 516 g/mol. The van der Waals surface area contributed by atoms with Gasteiger partial charge in [0.25, 0.3) is 5.91 Å². The highest BCUT2D eigenvalue weighted by Crippen LogP contribution is 2.35. The Labute approximate surface area is 211 Å². The number of amides is 2. The van der Waals surface area contributed by atoms with Gasteiger partial charge in [-0.25, -0.2) is 4.39 Å². The summed E-state index contributed by atoms with van der Waals surface area (Å²) in [4.78, 5) is 33.4. The highest BCUT2D eigenvalue weighted by atomic mass is 19.4. The number of anilines is 2. The molecule has 4 rings (SSSR count). The van der Waals surface area contributed by atoms with Gasteiger partial charge >= 0.3 is 6.18 Å². The molecule has 1 aromatic heterocycles. The monoisotopic (exact) mass is 515 g/mol. The van der Waals surface area contributed by atoms with Crippen LogP contribution in [0.5, 0.6) is 0 Å². The van der Waals surface area contributed by atoms with E-state index in [1.807, 2.05) is 11.9 Å². The quantitative estimate of drug-likeness (QED) is 0.478. The second-order valence-corrected chi connectivity index (χ2v) is 8.75.